The highest BCUT2D eigenvalue weighted by Gasteiger charge is 2.00. The van der Waals surface area contributed by atoms with Gasteiger partial charge in [0.25, 0.3) is 0 Å². The van der Waals surface area contributed by atoms with Gasteiger partial charge >= 0.3 is 11.9 Å². The van der Waals surface area contributed by atoms with Crippen LogP contribution in [0.4, 0.5) is 0 Å². The average molecular weight is 381 g/mol. The molecule has 0 amide bonds. The Kier molecular flexibility index (Phi) is 24.4. The molecular formula is C18H36O4S2. The van der Waals surface area contributed by atoms with E-state index in [-0.39, 0.29) is 24.7 Å². The summed E-state index contributed by atoms with van der Waals surface area (Å²) in [5.41, 5.74) is 0. The molecule has 24 heavy (non-hydrogen) atoms. The molecule has 0 N–H and O–H groups in total. The van der Waals surface area contributed by atoms with Gasteiger partial charge in [-0.3, -0.25) is 9.59 Å². The normalized spacial score (nSPS) is 9.83. The molecule has 0 aromatic rings. The molecule has 0 saturated carbocycles. The summed E-state index contributed by atoms with van der Waals surface area (Å²) in [7, 11) is 0. The predicted molar refractivity (Wildman–Crippen MR) is 107 cm³/mol. The van der Waals surface area contributed by atoms with Gasteiger partial charge in [0.1, 0.15) is 13.2 Å². The van der Waals surface area contributed by atoms with Crippen LogP contribution in [0.3, 0.4) is 0 Å². The minimum Gasteiger partial charge on any atom is -0.461 e. The van der Waals surface area contributed by atoms with Crippen molar-refractivity contribution in [1.82, 2.24) is 0 Å². The number of hydrogen-bond donors (Lipinski definition) is 2. The second-order valence-corrected chi connectivity index (χ2v) is 6.22. The van der Waals surface area contributed by atoms with Gasteiger partial charge in [-0.15, -0.1) is 0 Å². The number of hydrogen-bond acceptors (Lipinski definition) is 6. The number of thiol groups is 2. The summed E-state index contributed by atoms with van der Waals surface area (Å²) in [6, 6.07) is 0. The number of carbonyl (C=O) groups excluding carboxylic acids is 2. The van der Waals surface area contributed by atoms with Crippen LogP contribution in [0.1, 0.15) is 78.1 Å². The van der Waals surface area contributed by atoms with E-state index >= 15 is 0 Å². The van der Waals surface area contributed by atoms with Crippen LogP contribution < -0.4 is 0 Å². The second kappa shape index (κ2) is 22.6. The molecule has 6 heteroatoms. The highest BCUT2D eigenvalue weighted by molar-refractivity contribution is 7.81. The Morgan fingerprint density at radius 2 is 0.917 bits per heavy atom. The Hall–Kier alpha value is -0.360. The summed E-state index contributed by atoms with van der Waals surface area (Å²) < 4.78 is 9.14. The molecule has 0 rings (SSSR count). The minimum atomic E-state index is -0.430. The first-order chi connectivity index (χ1) is 11.6. The standard InChI is InChI=1S/C12H26.C6H10O4S2/c1-3-5-7-9-11-12-10-8-6-4-2;7-5(3-11)9-1-2-10-6(8)4-12/h3-12H2,1-2H3;11-12H,1-4H2. The fourth-order valence-electron chi connectivity index (χ4n) is 1.96. The van der Waals surface area contributed by atoms with Gasteiger partial charge in [0.05, 0.1) is 11.5 Å². The van der Waals surface area contributed by atoms with Crippen LogP contribution >= 0.6 is 25.3 Å². The van der Waals surface area contributed by atoms with Crippen molar-refractivity contribution >= 4 is 37.2 Å². The summed E-state index contributed by atoms with van der Waals surface area (Å²) >= 11 is 7.36. The number of unbranched alkanes of at least 4 members (excludes halogenated alkanes) is 9. The van der Waals surface area contributed by atoms with E-state index in [1.807, 2.05) is 0 Å². The van der Waals surface area contributed by atoms with Gasteiger partial charge in [-0.25, -0.2) is 0 Å². The molecule has 0 atom stereocenters. The predicted octanol–water partition coefficient (Wildman–Crippen LogP) is 4.86. The number of ether oxygens (including phenoxy) is 2. The van der Waals surface area contributed by atoms with E-state index in [1.165, 1.54) is 64.2 Å². The molecule has 0 heterocycles. The third kappa shape index (κ3) is 23.9. The molecule has 0 aliphatic carbocycles. The molecule has 144 valence electrons. The Morgan fingerprint density at radius 1 is 0.625 bits per heavy atom. The molecule has 0 bridgehead atoms. The molecule has 0 saturated heterocycles. The van der Waals surface area contributed by atoms with E-state index in [9.17, 15) is 9.59 Å². The van der Waals surface area contributed by atoms with Crippen molar-refractivity contribution < 1.29 is 19.1 Å². The van der Waals surface area contributed by atoms with Gasteiger partial charge < -0.3 is 9.47 Å². The first kappa shape index (κ1) is 25.9. The Bertz CT molecular complexity index is 258. The molecule has 0 aromatic heterocycles. The fourth-order valence-corrected chi connectivity index (χ4v) is 2.15. The van der Waals surface area contributed by atoms with Crippen molar-refractivity contribution in [2.24, 2.45) is 0 Å². The molecule has 0 radical (unpaired) electrons. The van der Waals surface area contributed by atoms with Gasteiger partial charge in [-0.1, -0.05) is 78.1 Å². The minimum absolute atomic E-state index is 0.0283. The smallest absolute Gasteiger partial charge is 0.315 e. The van der Waals surface area contributed by atoms with Gasteiger partial charge in [-0.2, -0.15) is 25.3 Å². The van der Waals surface area contributed by atoms with E-state index in [2.05, 4.69) is 48.6 Å². The molecule has 0 spiro atoms. The first-order valence-electron chi connectivity index (χ1n) is 9.15. The maximum Gasteiger partial charge on any atom is 0.315 e. The van der Waals surface area contributed by atoms with E-state index in [1.54, 1.807) is 0 Å². The van der Waals surface area contributed by atoms with Crippen molar-refractivity contribution in [1.29, 1.82) is 0 Å². The summed E-state index contributed by atoms with van der Waals surface area (Å²) in [5.74, 6) is -0.804. The summed E-state index contributed by atoms with van der Waals surface area (Å²) in [4.78, 5) is 20.9. The highest BCUT2D eigenvalue weighted by atomic mass is 32.1. The lowest BCUT2D eigenvalue weighted by molar-refractivity contribution is -0.148. The molecule has 0 aliphatic heterocycles. The lowest BCUT2D eigenvalue weighted by Gasteiger charge is -2.03. The van der Waals surface area contributed by atoms with Crippen LogP contribution in [-0.2, 0) is 19.1 Å². The van der Waals surface area contributed by atoms with Crippen LogP contribution in [0.15, 0.2) is 0 Å². The quantitative estimate of drug-likeness (QED) is 0.257. The van der Waals surface area contributed by atoms with E-state index in [4.69, 9.17) is 0 Å². The number of carbonyl (C=O) groups is 2. The molecule has 0 fully saturated rings. The molecule has 0 aliphatic rings. The van der Waals surface area contributed by atoms with Crippen LogP contribution in [0.2, 0.25) is 0 Å². The fraction of sp³-hybridized carbons (Fsp3) is 0.889. The molecular weight excluding hydrogens is 344 g/mol. The maximum atomic E-state index is 10.5. The Morgan fingerprint density at radius 3 is 1.17 bits per heavy atom. The first-order valence-corrected chi connectivity index (χ1v) is 10.4. The molecule has 4 nitrogen and oxygen atoms in total. The van der Waals surface area contributed by atoms with Crippen LogP contribution in [0, 0.1) is 0 Å². The van der Waals surface area contributed by atoms with Crippen molar-refractivity contribution in [3.05, 3.63) is 0 Å². The van der Waals surface area contributed by atoms with Crippen molar-refractivity contribution in [2.45, 2.75) is 78.1 Å². The summed E-state index contributed by atoms with van der Waals surface area (Å²) in [6.07, 6.45) is 14.4. The van der Waals surface area contributed by atoms with Crippen LogP contribution in [0.5, 0.6) is 0 Å². The third-order valence-electron chi connectivity index (χ3n) is 3.32. The van der Waals surface area contributed by atoms with E-state index in [0.717, 1.165) is 0 Å². The summed E-state index contributed by atoms with van der Waals surface area (Å²) in [5, 5.41) is 0. The van der Waals surface area contributed by atoms with Crippen molar-refractivity contribution in [2.75, 3.05) is 24.7 Å². The monoisotopic (exact) mass is 380 g/mol. The van der Waals surface area contributed by atoms with E-state index < -0.39 is 11.9 Å². The SMILES string of the molecule is CCCCCCCCCCCC.O=C(CS)OCCOC(=O)CS. The van der Waals surface area contributed by atoms with Crippen molar-refractivity contribution in [3.8, 4) is 0 Å². The van der Waals surface area contributed by atoms with Crippen molar-refractivity contribution in [3.63, 3.8) is 0 Å². The third-order valence-corrected chi connectivity index (χ3v) is 3.84. The van der Waals surface area contributed by atoms with Gasteiger partial charge in [-0.05, 0) is 0 Å². The lowest BCUT2D eigenvalue weighted by atomic mass is 10.1. The zero-order valence-electron chi connectivity index (χ0n) is 15.4. The molecule has 0 unspecified atom stereocenters. The zero-order chi connectivity index (χ0) is 18.5. The summed E-state index contributed by atoms with van der Waals surface area (Å²) in [6.45, 7) is 4.69. The number of esters is 2. The topological polar surface area (TPSA) is 52.6 Å². The second-order valence-electron chi connectivity index (χ2n) is 5.59. The van der Waals surface area contributed by atoms with E-state index in [0.29, 0.717) is 0 Å². The van der Waals surface area contributed by atoms with Crippen LogP contribution in [-0.4, -0.2) is 36.7 Å². The average Bonchev–Trinajstić information content (AvgIpc) is 2.61. The lowest BCUT2D eigenvalue weighted by Crippen LogP contribution is -2.14. The highest BCUT2D eigenvalue weighted by Crippen LogP contribution is 2.09. The molecule has 0 aromatic carbocycles. The maximum absolute atomic E-state index is 10.5. The Balaban J connectivity index is 0. The zero-order valence-corrected chi connectivity index (χ0v) is 17.2. The Labute approximate surface area is 159 Å². The van der Waals surface area contributed by atoms with Gasteiger partial charge in [0.15, 0.2) is 0 Å². The number of rotatable bonds is 14. The van der Waals surface area contributed by atoms with Crippen LogP contribution in [0.25, 0.3) is 0 Å². The van der Waals surface area contributed by atoms with Gasteiger partial charge in [0, 0.05) is 0 Å². The largest absolute Gasteiger partial charge is 0.461 e. The van der Waals surface area contributed by atoms with Gasteiger partial charge in [0.2, 0.25) is 0 Å².